The fourth-order valence-corrected chi connectivity index (χ4v) is 3.56. The van der Waals surface area contributed by atoms with E-state index in [9.17, 15) is 4.79 Å². The minimum absolute atomic E-state index is 0.0553. The number of carbonyl (C=O) groups is 1. The van der Waals surface area contributed by atoms with Gasteiger partial charge in [0.15, 0.2) is 11.5 Å². The minimum Gasteiger partial charge on any atom is -0.493 e. The summed E-state index contributed by atoms with van der Waals surface area (Å²) < 4.78 is 10.9. The van der Waals surface area contributed by atoms with Crippen LogP contribution in [0.2, 0.25) is 0 Å². The van der Waals surface area contributed by atoms with Gasteiger partial charge >= 0.3 is 0 Å². The van der Waals surface area contributed by atoms with E-state index in [-0.39, 0.29) is 11.9 Å². The molecule has 0 bridgehead atoms. The zero-order valence-electron chi connectivity index (χ0n) is 17.3. The van der Waals surface area contributed by atoms with Crippen molar-refractivity contribution in [1.29, 1.82) is 0 Å². The number of amides is 1. The van der Waals surface area contributed by atoms with E-state index in [1.54, 1.807) is 13.2 Å². The first-order valence-corrected chi connectivity index (χ1v) is 10.2. The van der Waals surface area contributed by atoms with Gasteiger partial charge in [-0.15, -0.1) is 0 Å². The van der Waals surface area contributed by atoms with E-state index >= 15 is 0 Å². The SMILES string of the molecule is CCOc1cc(/C=C/C(=O)NC2CCN(Cc3ccccc3)CC2)ccc1OC. The molecular formula is C24H30N2O3. The Morgan fingerprint density at radius 1 is 1.14 bits per heavy atom. The average molecular weight is 395 g/mol. The molecule has 1 aliphatic heterocycles. The summed E-state index contributed by atoms with van der Waals surface area (Å²) in [4.78, 5) is 14.8. The highest BCUT2D eigenvalue weighted by Crippen LogP contribution is 2.28. The number of carbonyl (C=O) groups excluding carboxylic acids is 1. The van der Waals surface area contributed by atoms with Crippen molar-refractivity contribution in [2.24, 2.45) is 0 Å². The zero-order chi connectivity index (χ0) is 20.5. The van der Waals surface area contributed by atoms with Crippen LogP contribution in [0.3, 0.4) is 0 Å². The van der Waals surface area contributed by atoms with Gasteiger partial charge in [-0.25, -0.2) is 0 Å². The molecule has 0 aliphatic carbocycles. The van der Waals surface area contributed by atoms with Crippen molar-refractivity contribution >= 4 is 12.0 Å². The second kappa shape index (κ2) is 10.7. The van der Waals surface area contributed by atoms with E-state index in [2.05, 4.69) is 34.5 Å². The van der Waals surface area contributed by atoms with Gasteiger partial charge in [0.1, 0.15) is 0 Å². The first-order valence-electron chi connectivity index (χ1n) is 10.2. The summed E-state index contributed by atoms with van der Waals surface area (Å²) in [6.45, 7) is 5.47. The normalized spacial score (nSPS) is 15.4. The molecule has 154 valence electrons. The number of benzene rings is 2. The molecule has 5 heteroatoms. The van der Waals surface area contributed by atoms with Crippen molar-refractivity contribution < 1.29 is 14.3 Å². The van der Waals surface area contributed by atoms with E-state index in [0.717, 1.165) is 38.0 Å². The molecule has 0 atom stereocenters. The Hall–Kier alpha value is -2.79. The summed E-state index contributed by atoms with van der Waals surface area (Å²) in [5.74, 6) is 1.32. The quantitative estimate of drug-likeness (QED) is 0.690. The van der Waals surface area contributed by atoms with Crippen LogP contribution in [0.4, 0.5) is 0 Å². The molecule has 1 aliphatic rings. The Bertz CT molecular complexity index is 812. The highest BCUT2D eigenvalue weighted by molar-refractivity contribution is 5.92. The number of rotatable bonds is 8. The van der Waals surface area contributed by atoms with Crippen molar-refractivity contribution in [3.8, 4) is 11.5 Å². The predicted octanol–water partition coefficient (Wildman–Crippen LogP) is 3.89. The van der Waals surface area contributed by atoms with E-state index in [1.807, 2.05) is 37.3 Å². The molecular weight excluding hydrogens is 364 g/mol. The number of piperidine rings is 1. The Morgan fingerprint density at radius 3 is 2.59 bits per heavy atom. The smallest absolute Gasteiger partial charge is 0.244 e. The van der Waals surface area contributed by atoms with Crippen LogP contribution >= 0.6 is 0 Å². The molecule has 29 heavy (non-hydrogen) atoms. The highest BCUT2D eigenvalue weighted by Gasteiger charge is 2.20. The standard InChI is InChI=1S/C24H30N2O3/c1-3-29-23-17-19(9-11-22(23)28-2)10-12-24(27)25-21-13-15-26(16-14-21)18-20-7-5-4-6-8-20/h4-12,17,21H,3,13-16,18H2,1-2H3,(H,25,27)/b12-10+. The van der Waals surface area contributed by atoms with Gasteiger partial charge in [0.05, 0.1) is 13.7 Å². The van der Waals surface area contributed by atoms with Gasteiger partial charge in [-0.3, -0.25) is 9.69 Å². The second-order valence-corrected chi connectivity index (χ2v) is 7.22. The maximum absolute atomic E-state index is 12.3. The largest absolute Gasteiger partial charge is 0.493 e. The third-order valence-electron chi connectivity index (χ3n) is 5.10. The van der Waals surface area contributed by atoms with Crippen LogP contribution < -0.4 is 14.8 Å². The Kier molecular flexibility index (Phi) is 7.70. The maximum Gasteiger partial charge on any atom is 0.244 e. The minimum atomic E-state index is -0.0553. The van der Waals surface area contributed by atoms with Crippen molar-refractivity contribution in [3.05, 3.63) is 65.7 Å². The van der Waals surface area contributed by atoms with Gasteiger partial charge in [-0.2, -0.15) is 0 Å². The van der Waals surface area contributed by atoms with Crippen LogP contribution in [0.25, 0.3) is 6.08 Å². The van der Waals surface area contributed by atoms with Gasteiger partial charge < -0.3 is 14.8 Å². The Morgan fingerprint density at radius 2 is 1.90 bits per heavy atom. The molecule has 3 rings (SSSR count). The van der Waals surface area contributed by atoms with Gasteiger partial charge in [-0.1, -0.05) is 36.4 Å². The van der Waals surface area contributed by atoms with Crippen molar-refractivity contribution in [3.63, 3.8) is 0 Å². The van der Waals surface area contributed by atoms with Crippen molar-refractivity contribution in [1.82, 2.24) is 10.2 Å². The summed E-state index contributed by atoms with van der Waals surface area (Å²) >= 11 is 0. The van der Waals surface area contributed by atoms with Gasteiger partial charge in [-0.05, 0) is 49.1 Å². The molecule has 1 amide bonds. The third-order valence-corrected chi connectivity index (χ3v) is 5.10. The van der Waals surface area contributed by atoms with Crippen LogP contribution in [0.15, 0.2) is 54.6 Å². The van der Waals surface area contributed by atoms with Crippen LogP contribution in [-0.2, 0) is 11.3 Å². The monoisotopic (exact) mass is 394 g/mol. The third kappa shape index (κ3) is 6.36. The molecule has 1 saturated heterocycles. The second-order valence-electron chi connectivity index (χ2n) is 7.22. The molecule has 1 N–H and O–H groups in total. The molecule has 0 unspecified atom stereocenters. The lowest BCUT2D eigenvalue weighted by Crippen LogP contribution is -2.43. The summed E-state index contributed by atoms with van der Waals surface area (Å²) in [6.07, 6.45) is 5.35. The predicted molar refractivity (Wildman–Crippen MR) is 116 cm³/mol. The van der Waals surface area contributed by atoms with E-state index in [0.29, 0.717) is 18.1 Å². The lowest BCUT2D eigenvalue weighted by atomic mass is 10.0. The van der Waals surface area contributed by atoms with Crippen molar-refractivity contribution in [2.75, 3.05) is 26.8 Å². The maximum atomic E-state index is 12.3. The van der Waals surface area contributed by atoms with E-state index in [4.69, 9.17) is 9.47 Å². The zero-order valence-corrected chi connectivity index (χ0v) is 17.3. The number of nitrogens with zero attached hydrogens (tertiary/aromatic N) is 1. The van der Waals surface area contributed by atoms with Gasteiger partial charge in [0.2, 0.25) is 5.91 Å². The van der Waals surface area contributed by atoms with E-state index < -0.39 is 0 Å². The molecule has 0 spiro atoms. The summed E-state index contributed by atoms with van der Waals surface area (Å²) in [5, 5.41) is 3.13. The fraction of sp³-hybridized carbons (Fsp3) is 0.375. The van der Waals surface area contributed by atoms with Crippen LogP contribution in [0.5, 0.6) is 11.5 Å². The van der Waals surface area contributed by atoms with Crippen molar-refractivity contribution in [2.45, 2.75) is 32.4 Å². The fourth-order valence-electron chi connectivity index (χ4n) is 3.56. The molecule has 5 nitrogen and oxygen atoms in total. The Labute approximate surface area is 173 Å². The molecule has 0 aromatic heterocycles. The lowest BCUT2D eigenvalue weighted by molar-refractivity contribution is -0.117. The summed E-state index contributed by atoms with van der Waals surface area (Å²) in [6, 6.07) is 16.4. The van der Waals surface area contributed by atoms with Crippen LogP contribution in [0, 0.1) is 0 Å². The van der Waals surface area contributed by atoms with Gasteiger partial charge in [0.25, 0.3) is 0 Å². The molecule has 2 aromatic rings. The topological polar surface area (TPSA) is 50.8 Å². The number of nitrogens with one attached hydrogen (secondary N) is 1. The first kappa shape index (κ1) is 20.9. The van der Waals surface area contributed by atoms with Crippen LogP contribution in [-0.4, -0.2) is 43.7 Å². The number of hydrogen-bond acceptors (Lipinski definition) is 4. The molecule has 2 aromatic carbocycles. The van der Waals surface area contributed by atoms with E-state index in [1.165, 1.54) is 5.56 Å². The Balaban J connectivity index is 1.47. The number of hydrogen-bond donors (Lipinski definition) is 1. The average Bonchev–Trinajstić information content (AvgIpc) is 2.75. The molecule has 1 heterocycles. The number of likely N-dealkylation sites (tertiary alicyclic amines) is 1. The summed E-state index contributed by atoms with van der Waals surface area (Å²) in [5.41, 5.74) is 2.24. The highest BCUT2D eigenvalue weighted by atomic mass is 16.5. The molecule has 0 saturated carbocycles. The number of methoxy groups -OCH3 is 1. The lowest BCUT2D eigenvalue weighted by Gasteiger charge is -2.32. The van der Waals surface area contributed by atoms with Crippen LogP contribution in [0.1, 0.15) is 30.9 Å². The molecule has 0 radical (unpaired) electrons. The first-order chi connectivity index (χ1) is 14.2. The summed E-state index contributed by atoms with van der Waals surface area (Å²) in [7, 11) is 1.62. The molecule has 1 fully saturated rings. The number of ether oxygens (including phenoxy) is 2. The van der Waals surface area contributed by atoms with Gasteiger partial charge in [0, 0.05) is 31.8 Å².